The van der Waals surface area contributed by atoms with Crippen molar-refractivity contribution in [2.45, 2.75) is 24.8 Å². The maximum absolute atomic E-state index is 12.3. The number of esters is 1. The highest BCUT2D eigenvalue weighted by molar-refractivity contribution is 7.89. The molecule has 0 heterocycles. The Morgan fingerprint density at radius 1 is 1.00 bits per heavy atom. The minimum Gasteiger partial charge on any atom is -0.465 e. The summed E-state index contributed by atoms with van der Waals surface area (Å²) in [6, 6.07) is 11.7. The highest BCUT2D eigenvalue weighted by Crippen LogP contribution is 2.15. The molecule has 0 unspecified atom stereocenters. The predicted molar refractivity (Wildman–Crippen MR) is 97.6 cm³/mol. The summed E-state index contributed by atoms with van der Waals surface area (Å²) in [5.41, 5.74) is 1.03. The predicted octanol–water partition coefficient (Wildman–Crippen LogP) is 2.41. The van der Waals surface area contributed by atoms with E-state index in [9.17, 15) is 18.0 Å². The third kappa shape index (κ3) is 4.90. The first-order valence-corrected chi connectivity index (χ1v) is 9.33. The first-order valence-electron chi connectivity index (χ1n) is 7.85. The Balaban J connectivity index is 2.15. The lowest BCUT2D eigenvalue weighted by Crippen LogP contribution is -2.30. The first kappa shape index (κ1) is 19.6. The van der Waals surface area contributed by atoms with E-state index in [0.717, 1.165) is 0 Å². The third-order valence-electron chi connectivity index (χ3n) is 3.36. The number of hydrogen-bond acceptors (Lipinski definition) is 5. The lowest BCUT2D eigenvalue weighted by molar-refractivity contribution is 0.0600. The van der Waals surface area contributed by atoms with Crippen LogP contribution < -0.4 is 10.0 Å². The molecule has 0 radical (unpaired) electrons. The number of ether oxygens (including phenoxy) is 1. The van der Waals surface area contributed by atoms with Crippen LogP contribution in [0.5, 0.6) is 0 Å². The van der Waals surface area contributed by atoms with Crippen molar-refractivity contribution in [1.29, 1.82) is 0 Å². The van der Waals surface area contributed by atoms with E-state index in [-0.39, 0.29) is 16.5 Å². The van der Waals surface area contributed by atoms with Gasteiger partial charge in [0.2, 0.25) is 10.0 Å². The summed E-state index contributed by atoms with van der Waals surface area (Å²) in [4.78, 5) is 23.9. The van der Waals surface area contributed by atoms with Crippen molar-refractivity contribution >= 4 is 27.6 Å². The van der Waals surface area contributed by atoms with Crippen molar-refractivity contribution in [3.8, 4) is 0 Å². The molecule has 2 rings (SSSR count). The Bertz CT molecular complexity index is 905. The van der Waals surface area contributed by atoms with Gasteiger partial charge < -0.3 is 10.1 Å². The molecule has 0 fully saturated rings. The molecule has 0 spiro atoms. The van der Waals surface area contributed by atoms with Gasteiger partial charge in [-0.15, -0.1) is 0 Å². The summed E-state index contributed by atoms with van der Waals surface area (Å²) in [5, 5.41) is 2.66. The average Bonchev–Trinajstić information content (AvgIpc) is 2.60. The zero-order valence-electron chi connectivity index (χ0n) is 14.6. The van der Waals surface area contributed by atoms with E-state index in [0.29, 0.717) is 11.3 Å². The van der Waals surface area contributed by atoms with Crippen molar-refractivity contribution in [3.63, 3.8) is 0 Å². The minimum atomic E-state index is -3.61. The Morgan fingerprint density at radius 2 is 1.65 bits per heavy atom. The normalized spacial score (nSPS) is 11.2. The van der Waals surface area contributed by atoms with Crippen LogP contribution in [0.2, 0.25) is 0 Å². The molecule has 0 saturated heterocycles. The Hall–Kier alpha value is -2.71. The SMILES string of the molecule is COC(=O)c1cccc(NC(=O)c2ccc(S(=O)(=O)NC(C)C)cc2)c1. The second kappa shape index (κ2) is 8.11. The summed E-state index contributed by atoms with van der Waals surface area (Å²) < 4.78 is 31.3. The van der Waals surface area contributed by atoms with E-state index >= 15 is 0 Å². The Kier molecular flexibility index (Phi) is 6.12. The van der Waals surface area contributed by atoms with E-state index in [1.807, 2.05) is 0 Å². The standard InChI is InChI=1S/C18H20N2O5S/c1-12(2)20-26(23,24)16-9-7-13(8-10-16)17(21)19-15-6-4-5-14(11-15)18(22)25-3/h4-12,20H,1-3H3,(H,19,21). The maximum Gasteiger partial charge on any atom is 0.337 e. The molecule has 2 N–H and O–H groups in total. The lowest BCUT2D eigenvalue weighted by atomic mass is 10.1. The second-order valence-electron chi connectivity index (χ2n) is 5.83. The molecule has 26 heavy (non-hydrogen) atoms. The lowest BCUT2D eigenvalue weighted by Gasteiger charge is -2.10. The molecule has 0 aliphatic rings. The molecule has 7 nitrogen and oxygen atoms in total. The summed E-state index contributed by atoms with van der Waals surface area (Å²) in [6.45, 7) is 3.45. The topological polar surface area (TPSA) is 102 Å². The molecular formula is C18H20N2O5S. The number of benzene rings is 2. The zero-order valence-corrected chi connectivity index (χ0v) is 15.5. The summed E-state index contributed by atoms with van der Waals surface area (Å²) in [5.74, 6) is -0.930. The van der Waals surface area contributed by atoms with Gasteiger partial charge in [0.05, 0.1) is 17.6 Å². The van der Waals surface area contributed by atoms with Crippen LogP contribution in [-0.4, -0.2) is 33.4 Å². The fraction of sp³-hybridized carbons (Fsp3) is 0.222. The number of anilines is 1. The van der Waals surface area contributed by atoms with Gasteiger partial charge >= 0.3 is 5.97 Å². The number of carbonyl (C=O) groups excluding carboxylic acids is 2. The molecule has 0 saturated carbocycles. The summed E-state index contributed by atoms with van der Waals surface area (Å²) >= 11 is 0. The maximum atomic E-state index is 12.3. The van der Waals surface area contributed by atoms with E-state index < -0.39 is 21.9 Å². The minimum absolute atomic E-state index is 0.0791. The van der Waals surface area contributed by atoms with Gasteiger partial charge in [-0.25, -0.2) is 17.9 Å². The van der Waals surface area contributed by atoms with Crippen LogP contribution >= 0.6 is 0 Å². The number of nitrogens with one attached hydrogen (secondary N) is 2. The van der Waals surface area contributed by atoms with Gasteiger partial charge in [0.25, 0.3) is 5.91 Å². The molecule has 1 amide bonds. The van der Waals surface area contributed by atoms with Gasteiger partial charge in [-0.2, -0.15) is 0 Å². The van der Waals surface area contributed by atoms with E-state index in [2.05, 4.69) is 14.8 Å². The van der Waals surface area contributed by atoms with Crippen LogP contribution in [0, 0.1) is 0 Å². The molecule has 0 atom stereocenters. The van der Waals surface area contributed by atoms with E-state index in [1.165, 1.54) is 37.4 Å². The van der Waals surface area contributed by atoms with Crippen molar-refractivity contribution in [2.24, 2.45) is 0 Å². The van der Waals surface area contributed by atoms with Crippen molar-refractivity contribution in [3.05, 3.63) is 59.7 Å². The quantitative estimate of drug-likeness (QED) is 0.754. The Morgan fingerprint density at radius 3 is 2.23 bits per heavy atom. The van der Waals surface area contributed by atoms with Crippen molar-refractivity contribution in [2.75, 3.05) is 12.4 Å². The molecule has 8 heteroatoms. The summed E-state index contributed by atoms with van der Waals surface area (Å²) in [6.07, 6.45) is 0. The number of amides is 1. The van der Waals surface area contributed by atoms with E-state index in [1.54, 1.807) is 32.0 Å². The fourth-order valence-corrected chi connectivity index (χ4v) is 3.46. The molecule has 0 bridgehead atoms. The molecule has 138 valence electrons. The van der Waals surface area contributed by atoms with Gasteiger partial charge in [-0.1, -0.05) is 6.07 Å². The number of sulfonamides is 1. The van der Waals surface area contributed by atoms with E-state index in [4.69, 9.17) is 0 Å². The Labute approximate surface area is 152 Å². The molecule has 2 aromatic rings. The molecule has 2 aromatic carbocycles. The number of carbonyl (C=O) groups is 2. The number of methoxy groups -OCH3 is 1. The van der Waals surface area contributed by atoms with Gasteiger partial charge in [0.1, 0.15) is 0 Å². The second-order valence-corrected chi connectivity index (χ2v) is 7.54. The van der Waals surface area contributed by atoms with Crippen LogP contribution in [0.3, 0.4) is 0 Å². The van der Waals surface area contributed by atoms with Crippen molar-refractivity contribution in [1.82, 2.24) is 4.72 Å². The average molecular weight is 376 g/mol. The largest absolute Gasteiger partial charge is 0.465 e. The smallest absolute Gasteiger partial charge is 0.337 e. The highest BCUT2D eigenvalue weighted by Gasteiger charge is 2.16. The van der Waals surface area contributed by atoms with Gasteiger partial charge in [0, 0.05) is 17.3 Å². The fourth-order valence-electron chi connectivity index (χ4n) is 2.21. The number of hydrogen-bond donors (Lipinski definition) is 2. The zero-order chi connectivity index (χ0) is 19.3. The monoisotopic (exact) mass is 376 g/mol. The third-order valence-corrected chi connectivity index (χ3v) is 5.03. The van der Waals surface area contributed by atoms with Crippen LogP contribution in [0.4, 0.5) is 5.69 Å². The van der Waals surface area contributed by atoms with Gasteiger partial charge in [-0.3, -0.25) is 4.79 Å². The van der Waals surface area contributed by atoms with Crippen LogP contribution in [0.15, 0.2) is 53.4 Å². The van der Waals surface area contributed by atoms with Gasteiger partial charge in [-0.05, 0) is 56.3 Å². The molecular weight excluding hydrogens is 356 g/mol. The van der Waals surface area contributed by atoms with Crippen LogP contribution in [0.25, 0.3) is 0 Å². The van der Waals surface area contributed by atoms with Crippen molar-refractivity contribution < 1.29 is 22.7 Å². The van der Waals surface area contributed by atoms with Gasteiger partial charge in [0.15, 0.2) is 0 Å². The highest BCUT2D eigenvalue weighted by atomic mass is 32.2. The molecule has 0 aliphatic heterocycles. The molecule has 0 aromatic heterocycles. The van der Waals surface area contributed by atoms with Crippen LogP contribution in [-0.2, 0) is 14.8 Å². The number of rotatable bonds is 6. The molecule has 0 aliphatic carbocycles. The first-order chi connectivity index (χ1) is 12.2. The summed E-state index contributed by atoms with van der Waals surface area (Å²) in [7, 11) is -2.34. The van der Waals surface area contributed by atoms with Crippen LogP contribution in [0.1, 0.15) is 34.6 Å².